The first-order valence-corrected chi connectivity index (χ1v) is 6.43. The first-order valence-electron chi connectivity index (χ1n) is 5.64. The van der Waals surface area contributed by atoms with Crippen molar-refractivity contribution in [2.45, 2.75) is 0 Å². The Labute approximate surface area is 119 Å². The molecule has 2 rings (SSSR count). The van der Waals surface area contributed by atoms with Gasteiger partial charge in [0.05, 0.1) is 0 Å². The molecule has 19 heavy (non-hydrogen) atoms. The van der Waals surface area contributed by atoms with E-state index in [-0.39, 0.29) is 5.91 Å². The van der Waals surface area contributed by atoms with E-state index in [1.807, 2.05) is 30.3 Å². The Morgan fingerprint density at radius 1 is 1.16 bits per heavy atom. The van der Waals surface area contributed by atoms with Crippen molar-refractivity contribution in [2.24, 2.45) is 0 Å². The number of amides is 1. The van der Waals surface area contributed by atoms with Crippen molar-refractivity contribution in [1.29, 1.82) is 0 Å². The van der Waals surface area contributed by atoms with Crippen LogP contribution < -0.4 is 5.32 Å². The van der Waals surface area contributed by atoms with Gasteiger partial charge < -0.3 is 5.32 Å². The molecular formula is C15H11BrFNO. The molecule has 2 aromatic carbocycles. The molecule has 2 nitrogen and oxygen atoms in total. The molecule has 0 saturated carbocycles. The van der Waals surface area contributed by atoms with Crippen LogP contribution >= 0.6 is 15.9 Å². The number of halogens is 2. The molecule has 96 valence electrons. The summed E-state index contributed by atoms with van der Waals surface area (Å²) in [5.41, 5.74) is 1.34. The van der Waals surface area contributed by atoms with Crippen molar-refractivity contribution in [3.8, 4) is 0 Å². The second kappa shape index (κ2) is 6.29. The predicted molar refractivity (Wildman–Crippen MR) is 78.2 cm³/mol. The van der Waals surface area contributed by atoms with Crippen LogP contribution in [0.4, 0.5) is 10.1 Å². The smallest absolute Gasteiger partial charge is 0.248 e. The van der Waals surface area contributed by atoms with Gasteiger partial charge in [-0.2, -0.15) is 0 Å². The van der Waals surface area contributed by atoms with E-state index in [1.54, 1.807) is 12.1 Å². The van der Waals surface area contributed by atoms with E-state index in [2.05, 4.69) is 21.2 Å². The molecule has 0 radical (unpaired) electrons. The topological polar surface area (TPSA) is 29.1 Å². The zero-order valence-electron chi connectivity index (χ0n) is 9.94. The molecule has 0 aliphatic carbocycles. The third kappa shape index (κ3) is 4.34. The molecule has 0 unspecified atom stereocenters. The second-order valence-electron chi connectivity index (χ2n) is 3.89. The van der Waals surface area contributed by atoms with Crippen LogP contribution in [0, 0.1) is 5.82 Å². The summed E-state index contributed by atoms with van der Waals surface area (Å²) in [5.74, 6) is -0.710. The van der Waals surface area contributed by atoms with Gasteiger partial charge in [-0.05, 0) is 29.8 Å². The van der Waals surface area contributed by atoms with Gasteiger partial charge in [0.15, 0.2) is 0 Å². The summed E-state index contributed by atoms with van der Waals surface area (Å²) in [6, 6.07) is 13.7. The molecule has 0 aliphatic heterocycles. The van der Waals surface area contributed by atoms with E-state index in [4.69, 9.17) is 0 Å². The van der Waals surface area contributed by atoms with Crippen molar-refractivity contribution < 1.29 is 9.18 Å². The summed E-state index contributed by atoms with van der Waals surface area (Å²) in [6.45, 7) is 0. The van der Waals surface area contributed by atoms with E-state index in [9.17, 15) is 9.18 Å². The van der Waals surface area contributed by atoms with Crippen LogP contribution in [0.1, 0.15) is 5.56 Å². The van der Waals surface area contributed by atoms with Crippen molar-refractivity contribution in [2.75, 3.05) is 5.32 Å². The number of anilines is 1. The van der Waals surface area contributed by atoms with Crippen molar-refractivity contribution >= 4 is 33.6 Å². The van der Waals surface area contributed by atoms with Crippen LogP contribution in [0.2, 0.25) is 0 Å². The van der Waals surface area contributed by atoms with Crippen LogP contribution in [0.25, 0.3) is 6.08 Å². The standard InChI is InChI=1S/C15H11BrFNO/c16-12-8-13(17)10-14(9-12)18-15(19)7-6-11-4-2-1-3-5-11/h1-10H,(H,18,19)/b7-6+. The van der Waals surface area contributed by atoms with Crippen LogP contribution in [0.3, 0.4) is 0 Å². The average Bonchev–Trinajstić information content (AvgIpc) is 2.36. The van der Waals surface area contributed by atoms with Gasteiger partial charge in [-0.3, -0.25) is 4.79 Å². The van der Waals surface area contributed by atoms with E-state index < -0.39 is 5.82 Å². The minimum absolute atomic E-state index is 0.304. The Morgan fingerprint density at radius 3 is 2.58 bits per heavy atom. The first-order chi connectivity index (χ1) is 9.13. The Balaban J connectivity index is 2.03. The van der Waals surface area contributed by atoms with Gasteiger partial charge >= 0.3 is 0 Å². The number of carbonyl (C=O) groups excluding carboxylic acids is 1. The molecule has 0 bridgehead atoms. The zero-order chi connectivity index (χ0) is 13.7. The Kier molecular flexibility index (Phi) is 4.47. The number of benzene rings is 2. The minimum atomic E-state index is -0.406. The maximum atomic E-state index is 13.1. The SMILES string of the molecule is O=C(/C=C/c1ccccc1)Nc1cc(F)cc(Br)c1. The fourth-order valence-electron chi connectivity index (χ4n) is 1.55. The third-order valence-electron chi connectivity index (χ3n) is 2.36. The second-order valence-corrected chi connectivity index (χ2v) is 4.81. The van der Waals surface area contributed by atoms with Gasteiger partial charge in [0.25, 0.3) is 0 Å². The summed E-state index contributed by atoms with van der Waals surface area (Å²) in [4.78, 5) is 11.7. The molecule has 0 aromatic heterocycles. The van der Waals surface area contributed by atoms with Gasteiger partial charge in [-0.1, -0.05) is 46.3 Å². The minimum Gasteiger partial charge on any atom is -0.322 e. The van der Waals surface area contributed by atoms with Crippen LogP contribution in [-0.2, 0) is 4.79 Å². The summed E-state index contributed by atoms with van der Waals surface area (Å²) in [5, 5.41) is 2.60. The Hall–Kier alpha value is -1.94. The maximum absolute atomic E-state index is 13.1. The molecule has 0 saturated heterocycles. The lowest BCUT2D eigenvalue weighted by Gasteiger charge is -2.03. The van der Waals surface area contributed by atoms with Crippen molar-refractivity contribution in [3.05, 3.63) is 70.5 Å². The lowest BCUT2D eigenvalue weighted by atomic mass is 10.2. The lowest BCUT2D eigenvalue weighted by Crippen LogP contribution is -2.07. The Bertz CT molecular complexity index is 591. The molecular weight excluding hydrogens is 309 g/mol. The highest BCUT2D eigenvalue weighted by atomic mass is 79.9. The average molecular weight is 320 g/mol. The van der Waals surface area contributed by atoms with Crippen LogP contribution in [-0.4, -0.2) is 5.91 Å². The molecule has 0 heterocycles. The molecule has 1 N–H and O–H groups in total. The Morgan fingerprint density at radius 2 is 1.89 bits per heavy atom. The van der Waals surface area contributed by atoms with Gasteiger partial charge in [-0.25, -0.2) is 4.39 Å². The number of carbonyl (C=O) groups is 1. The molecule has 0 atom stereocenters. The van der Waals surface area contributed by atoms with Gasteiger partial charge in [-0.15, -0.1) is 0 Å². The van der Waals surface area contributed by atoms with Crippen LogP contribution in [0.5, 0.6) is 0 Å². The van der Waals surface area contributed by atoms with E-state index in [1.165, 1.54) is 18.2 Å². The quantitative estimate of drug-likeness (QED) is 0.842. The summed E-state index contributed by atoms with van der Waals surface area (Å²) < 4.78 is 13.7. The molecule has 1 amide bonds. The van der Waals surface area contributed by atoms with Crippen LogP contribution in [0.15, 0.2) is 59.1 Å². The summed E-state index contributed by atoms with van der Waals surface area (Å²) >= 11 is 3.17. The zero-order valence-corrected chi connectivity index (χ0v) is 11.5. The third-order valence-corrected chi connectivity index (χ3v) is 2.81. The van der Waals surface area contributed by atoms with Gasteiger partial charge in [0, 0.05) is 16.2 Å². The van der Waals surface area contributed by atoms with Crippen molar-refractivity contribution in [3.63, 3.8) is 0 Å². The first kappa shape index (κ1) is 13.5. The summed E-state index contributed by atoms with van der Waals surface area (Å²) in [6.07, 6.45) is 3.11. The fraction of sp³-hybridized carbons (Fsp3) is 0. The van der Waals surface area contributed by atoms with E-state index >= 15 is 0 Å². The number of hydrogen-bond acceptors (Lipinski definition) is 1. The molecule has 0 fully saturated rings. The number of rotatable bonds is 3. The maximum Gasteiger partial charge on any atom is 0.248 e. The molecule has 0 spiro atoms. The van der Waals surface area contributed by atoms with Gasteiger partial charge in [0.2, 0.25) is 5.91 Å². The highest BCUT2D eigenvalue weighted by molar-refractivity contribution is 9.10. The van der Waals surface area contributed by atoms with Crippen molar-refractivity contribution in [1.82, 2.24) is 0 Å². The lowest BCUT2D eigenvalue weighted by molar-refractivity contribution is -0.111. The van der Waals surface area contributed by atoms with Gasteiger partial charge in [0.1, 0.15) is 5.82 Å². The van der Waals surface area contributed by atoms with E-state index in [0.717, 1.165) is 5.56 Å². The highest BCUT2D eigenvalue weighted by Crippen LogP contribution is 2.18. The monoisotopic (exact) mass is 319 g/mol. The number of nitrogens with one attached hydrogen (secondary N) is 1. The number of hydrogen-bond donors (Lipinski definition) is 1. The molecule has 2 aromatic rings. The fourth-order valence-corrected chi connectivity index (χ4v) is 2.01. The highest BCUT2D eigenvalue weighted by Gasteiger charge is 2.01. The molecule has 0 aliphatic rings. The summed E-state index contributed by atoms with van der Waals surface area (Å²) in [7, 11) is 0. The largest absolute Gasteiger partial charge is 0.322 e. The predicted octanol–water partition coefficient (Wildman–Crippen LogP) is 4.24. The molecule has 4 heteroatoms. The van der Waals surface area contributed by atoms with E-state index in [0.29, 0.717) is 10.2 Å². The normalized spacial score (nSPS) is 10.6.